The van der Waals surface area contributed by atoms with Crippen LogP contribution in [0.5, 0.6) is 0 Å². The number of nitrogens with one attached hydrogen (secondary N) is 1. The smallest absolute Gasteiger partial charge is 0.422 e. The van der Waals surface area contributed by atoms with Crippen molar-refractivity contribution in [3.8, 4) is 0 Å². The number of amides is 2. The SMILES string of the molecule is COC1=CNC(CBr)(N(C(=O)OC(C)(C)C)C(=O)OC(C)(C)C)C=C1. The molecule has 7 nitrogen and oxygen atoms in total. The summed E-state index contributed by atoms with van der Waals surface area (Å²) in [6.07, 6.45) is 3.26. The zero-order valence-corrected chi connectivity index (χ0v) is 17.4. The monoisotopic (exact) mass is 418 g/mol. The molecular formula is C17H27BrN2O5. The van der Waals surface area contributed by atoms with E-state index in [1.54, 1.807) is 59.9 Å². The van der Waals surface area contributed by atoms with Gasteiger partial charge >= 0.3 is 12.2 Å². The topological polar surface area (TPSA) is 77.1 Å². The maximum atomic E-state index is 12.8. The van der Waals surface area contributed by atoms with Crippen LogP contribution >= 0.6 is 15.9 Å². The van der Waals surface area contributed by atoms with Crippen LogP contribution in [0.2, 0.25) is 0 Å². The Morgan fingerprint density at radius 2 is 1.60 bits per heavy atom. The summed E-state index contributed by atoms with van der Waals surface area (Å²) in [6.45, 7) is 10.4. The van der Waals surface area contributed by atoms with Crippen LogP contribution in [0.4, 0.5) is 9.59 Å². The number of hydrogen-bond donors (Lipinski definition) is 1. The Kier molecular flexibility index (Phi) is 6.55. The van der Waals surface area contributed by atoms with E-state index in [4.69, 9.17) is 14.2 Å². The highest BCUT2D eigenvalue weighted by atomic mass is 79.9. The van der Waals surface area contributed by atoms with Crippen molar-refractivity contribution >= 4 is 28.1 Å². The number of carbonyl (C=O) groups is 2. The fraction of sp³-hybridized carbons (Fsp3) is 0.647. The molecule has 0 radical (unpaired) electrons. The molecule has 0 aromatic carbocycles. The fourth-order valence-corrected chi connectivity index (χ4v) is 2.54. The lowest BCUT2D eigenvalue weighted by Gasteiger charge is -2.41. The first-order chi connectivity index (χ1) is 11.3. The zero-order valence-electron chi connectivity index (χ0n) is 15.8. The molecule has 0 aliphatic carbocycles. The van der Waals surface area contributed by atoms with Crippen molar-refractivity contribution in [3.05, 3.63) is 24.1 Å². The van der Waals surface area contributed by atoms with Crippen LogP contribution in [0.3, 0.4) is 0 Å². The molecule has 25 heavy (non-hydrogen) atoms. The summed E-state index contributed by atoms with van der Waals surface area (Å²) in [7, 11) is 1.53. The number of imide groups is 1. The van der Waals surface area contributed by atoms with E-state index in [0.29, 0.717) is 5.76 Å². The first kappa shape index (κ1) is 21.3. The molecule has 1 rings (SSSR count). The van der Waals surface area contributed by atoms with Gasteiger partial charge in [-0.2, -0.15) is 4.90 Å². The quantitative estimate of drug-likeness (QED) is 0.700. The predicted octanol–water partition coefficient (Wildman–Crippen LogP) is 3.90. The number of ether oxygens (including phenoxy) is 3. The van der Waals surface area contributed by atoms with Crippen molar-refractivity contribution < 1.29 is 23.8 Å². The third-order valence-corrected chi connectivity index (χ3v) is 3.83. The molecule has 1 aliphatic rings. The van der Waals surface area contributed by atoms with Crippen LogP contribution in [-0.4, -0.2) is 46.4 Å². The van der Waals surface area contributed by atoms with Crippen LogP contribution in [0.25, 0.3) is 0 Å². The van der Waals surface area contributed by atoms with Gasteiger partial charge in [0.15, 0.2) is 5.66 Å². The summed E-state index contributed by atoms with van der Waals surface area (Å²) in [4.78, 5) is 26.4. The lowest BCUT2D eigenvalue weighted by molar-refractivity contribution is -0.0169. The average molecular weight is 419 g/mol. The summed E-state index contributed by atoms with van der Waals surface area (Å²) in [5.41, 5.74) is -2.72. The molecule has 0 saturated carbocycles. The molecular weight excluding hydrogens is 392 g/mol. The predicted molar refractivity (Wildman–Crippen MR) is 98.2 cm³/mol. The highest BCUT2D eigenvalue weighted by molar-refractivity contribution is 9.09. The van der Waals surface area contributed by atoms with Crippen LogP contribution in [-0.2, 0) is 14.2 Å². The first-order valence-electron chi connectivity index (χ1n) is 7.87. The van der Waals surface area contributed by atoms with Gasteiger partial charge in [-0.15, -0.1) is 0 Å². The number of methoxy groups -OCH3 is 1. The third kappa shape index (κ3) is 5.95. The molecule has 142 valence electrons. The minimum Gasteiger partial charge on any atom is -0.495 e. The molecule has 0 spiro atoms. The van der Waals surface area contributed by atoms with E-state index >= 15 is 0 Å². The van der Waals surface area contributed by atoms with Gasteiger partial charge in [0.2, 0.25) is 0 Å². The normalized spacial score (nSPS) is 20.2. The number of carbonyl (C=O) groups excluding carboxylic acids is 2. The maximum absolute atomic E-state index is 12.8. The van der Waals surface area contributed by atoms with E-state index < -0.39 is 29.1 Å². The Bertz CT molecular complexity index is 547. The van der Waals surface area contributed by atoms with Gasteiger partial charge in [0.05, 0.1) is 7.11 Å². The highest BCUT2D eigenvalue weighted by Gasteiger charge is 2.46. The van der Waals surface area contributed by atoms with Crippen molar-refractivity contribution in [1.29, 1.82) is 0 Å². The molecule has 0 saturated heterocycles. The van der Waals surface area contributed by atoms with E-state index in [2.05, 4.69) is 21.2 Å². The summed E-state index contributed by atoms with van der Waals surface area (Å²) in [6, 6.07) is 0. The summed E-state index contributed by atoms with van der Waals surface area (Å²) in [5.74, 6) is 0.560. The zero-order chi connectivity index (χ0) is 19.5. The van der Waals surface area contributed by atoms with Crippen LogP contribution in [0, 0.1) is 0 Å². The van der Waals surface area contributed by atoms with Crippen molar-refractivity contribution in [1.82, 2.24) is 10.2 Å². The molecule has 1 heterocycles. The number of rotatable bonds is 3. The Balaban J connectivity index is 3.25. The van der Waals surface area contributed by atoms with Crippen molar-refractivity contribution in [2.45, 2.75) is 58.4 Å². The summed E-state index contributed by atoms with van der Waals surface area (Å²) >= 11 is 3.37. The molecule has 0 aromatic rings. The van der Waals surface area contributed by atoms with Gasteiger partial charge < -0.3 is 19.5 Å². The highest BCUT2D eigenvalue weighted by Crippen LogP contribution is 2.27. The molecule has 1 N–H and O–H groups in total. The van der Waals surface area contributed by atoms with E-state index in [-0.39, 0.29) is 5.33 Å². The Labute approximate surface area is 157 Å². The van der Waals surface area contributed by atoms with Gasteiger partial charge in [-0.1, -0.05) is 15.9 Å². The van der Waals surface area contributed by atoms with Gasteiger partial charge in [-0.3, -0.25) is 0 Å². The van der Waals surface area contributed by atoms with Crippen molar-refractivity contribution in [3.63, 3.8) is 0 Å². The van der Waals surface area contributed by atoms with Gasteiger partial charge in [-0.05, 0) is 53.7 Å². The molecule has 0 bridgehead atoms. The maximum Gasteiger partial charge on any atom is 0.422 e. The second-order valence-electron chi connectivity index (χ2n) is 7.58. The van der Waals surface area contributed by atoms with E-state index in [1.807, 2.05) is 0 Å². The van der Waals surface area contributed by atoms with E-state index in [1.165, 1.54) is 7.11 Å². The Morgan fingerprint density at radius 3 is 1.88 bits per heavy atom. The summed E-state index contributed by atoms with van der Waals surface area (Å²) < 4.78 is 16.0. The lowest BCUT2D eigenvalue weighted by Crippen LogP contribution is -2.63. The molecule has 0 aromatic heterocycles. The average Bonchev–Trinajstić information content (AvgIpc) is 2.44. The second kappa shape index (κ2) is 7.68. The van der Waals surface area contributed by atoms with Gasteiger partial charge in [0, 0.05) is 11.5 Å². The molecule has 8 heteroatoms. The number of dihydropyridines is 1. The second-order valence-corrected chi connectivity index (χ2v) is 8.14. The molecule has 1 atom stereocenters. The standard InChI is InChI=1S/C17H27BrN2O5/c1-15(2,3)24-13(21)20(14(22)25-16(4,5)6)17(11-18)9-8-12(23-7)10-19-17/h8-10,19H,11H2,1-7H3. The number of alkyl halides is 1. The number of nitrogens with zero attached hydrogens (tertiary/aromatic N) is 1. The van der Waals surface area contributed by atoms with Gasteiger partial charge in [0.1, 0.15) is 17.0 Å². The van der Waals surface area contributed by atoms with Crippen molar-refractivity contribution in [2.75, 3.05) is 12.4 Å². The number of allylic oxidation sites excluding steroid dienone is 1. The molecule has 1 aliphatic heterocycles. The largest absolute Gasteiger partial charge is 0.495 e. The lowest BCUT2D eigenvalue weighted by atomic mass is 10.1. The van der Waals surface area contributed by atoms with Crippen LogP contribution in [0.1, 0.15) is 41.5 Å². The van der Waals surface area contributed by atoms with E-state index in [0.717, 1.165) is 4.90 Å². The number of hydrogen-bond acceptors (Lipinski definition) is 6. The van der Waals surface area contributed by atoms with Gasteiger partial charge in [-0.25, -0.2) is 9.59 Å². The molecule has 0 fully saturated rings. The number of halogens is 1. The molecule has 1 unspecified atom stereocenters. The Hall–Kier alpha value is -1.70. The fourth-order valence-electron chi connectivity index (χ4n) is 1.94. The van der Waals surface area contributed by atoms with Crippen LogP contribution < -0.4 is 5.32 Å². The first-order valence-corrected chi connectivity index (χ1v) is 8.99. The Morgan fingerprint density at radius 1 is 1.12 bits per heavy atom. The third-order valence-electron chi connectivity index (χ3n) is 2.98. The summed E-state index contributed by atoms with van der Waals surface area (Å²) in [5, 5.41) is 3.24. The van der Waals surface area contributed by atoms with Crippen molar-refractivity contribution in [2.24, 2.45) is 0 Å². The molecule has 2 amide bonds. The minimum atomic E-state index is -1.19. The van der Waals surface area contributed by atoms with Crippen LogP contribution in [0.15, 0.2) is 24.1 Å². The minimum absolute atomic E-state index is 0.225. The van der Waals surface area contributed by atoms with E-state index in [9.17, 15) is 9.59 Å². The van der Waals surface area contributed by atoms with Gasteiger partial charge in [0.25, 0.3) is 0 Å².